The first-order valence-corrected chi connectivity index (χ1v) is 16.3. The second kappa shape index (κ2) is 12.1. The molecule has 1 saturated carbocycles. The van der Waals surface area contributed by atoms with Crippen molar-refractivity contribution in [2.75, 3.05) is 11.9 Å². The van der Waals surface area contributed by atoms with Gasteiger partial charge in [-0.25, -0.2) is 9.78 Å². The van der Waals surface area contributed by atoms with Gasteiger partial charge in [0.1, 0.15) is 5.82 Å². The van der Waals surface area contributed by atoms with Gasteiger partial charge in [-0.15, -0.1) is 0 Å². The fourth-order valence-corrected chi connectivity index (χ4v) is 7.50. The summed E-state index contributed by atoms with van der Waals surface area (Å²) in [5.74, 6) is -0.653. The standard InChI is InChI=1S/C35H35N5O4S/c1-22-20-36-18-16-25(22)28-14-15-31(39-35(28,33(42)43)44-24-9-3-2-4-10-24)40-19-17-23-8-7-11-26(27(23)21-40)32(41)38-34-37-29-12-5-6-13-30(29)45-34/h5-8,11-16,18,20,24,39H,2-4,9-10,17,19,21H2,1H3,(H,42,43)(H,37,38,41). The molecular weight excluding hydrogens is 586 g/mol. The van der Waals surface area contributed by atoms with Gasteiger partial charge in [-0.1, -0.05) is 54.9 Å². The minimum atomic E-state index is -1.78. The molecule has 1 atom stereocenters. The predicted octanol–water partition coefficient (Wildman–Crippen LogP) is 6.27. The molecule has 0 radical (unpaired) electrons. The number of fused-ring (bicyclic) bond motifs is 2. The predicted molar refractivity (Wildman–Crippen MR) is 175 cm³/mol. The molecule has 45 heavy (non-hydrogen) atoms. The quantitative estimate of drug-likeness (QED) is 0.221. The number of hydrogen-bond donors (Lipinski definition) is 3. The molecule has 1 fully saturated rings. The van der Waals surface area contributed by atoms with Crippen LogP contribution in [0.3, 0.4) is 0 Å². The van der Waals surface area contributed by atoms with Crippen LogP contribution in [0.15, 0.2) is 78.9 Å². The molecule has 1 aliphatic carbocycles. The number of nitrogens with zero attached hydrogens (tertiary/aromatic N) is 3. The molecule has 4 heterocycles. The molecule has 4 aromatic rings. The smallest absolute Gasteiger partial charge is 0.362 e. The molecule has 10 heteroatoms. The van der Waals surface area contributed by atoms with E-state index in [0.29, 0.717) is 41.6 Å². The molecule has 0 spiro atoms. The Morgan fingerprint density at radius 2 is 1.93 bits per heavy atom. The van der Waals surface area contributed by atoms with Gasteiger partial charge in [0, 0.05) is 36.6 Å². The highest BCUT2D eigenvalue weighted by Gasteiger charge is 2.49. The number of carbonyl (C=O) groups excluding carboxylic acids is 1. The SMILES string of the molecule is Cc1cnccc1C1=CC=C(N2CCc3cccc(C(=O)Nc4nc5ccccc5s4)c3C2)NC1(OC1CCCCC1)C(=O)O. The zero-order valence-corrected chi connectivity index (χ0v) is 25.9. The Kier molecular flexibility index (Phi) is 7.85. The highest BCUT2D eigenvalue weighted by Crippen LogP contribution is 2.39. The maximum atomic E-state index is 13.6. The number of dihydropyridines is 1. The number of hydrogen-bond acceptors (Lipinski definition) is 8. The number of allylic oxidation sites excluding steroid dienone is 2. The fourth-order valence-electron chi connectivity index (χ4n) is 6.64. The van der Waals surface area contributed by atoms with Crippen LogP contribution in [0, 0.1) is 6.92 Å². The van der Waals surface area contributed by atoms with Gasteiger partial charge in [0.25, 0.3) is 11.6 Å². The number of nitrogens with one attached hydrogen (secondary N) is 2. The summed E-state index contributed by atoms with van der Waals surface area (Å²) in [5, 5.41) is 17.8. The number of pyridine rings is 1. The number of aromatic nitrogens is 2. The van der Waals surface area contributed by atoms with Crippen LogP contribution in [0.2, 0.25) is 0 Å². The van der Waals surface area contributed by atoms with E-state index in [-0.39, 0.29) is 12.0 Å². The maximum absolute atomic E-state index is 13.6. The number of thiazole rings is 1. The van der Waals surface area contributed by atoms with Crippen LogP contribution in [0.4, 0.5) is 5.13 Å². The third-order valence-corrected chi connectivity index (χ3v) is 9.92. The number of carboxylic acid groups (broad SMARTS) is 1. The van der Waals surface area contributed by atoms with Crippen LogP contribution in [0.5, 0.6) is 0 Å². The highest BCUT2D eigenvalue weighted by molar-refractivity contribution is 7.22. The second-order valence-electron chi connectivity index (χ2n) is 11.9. The number of carbonyl (C=O) groups is 2. The average molecular weight is 622 g/mol. The fraction of sp³-hybridized carbons (Fsp3) is 0.314. The first kappa shape index (κ1) is 29.2. The summed E-state index contributed by atoms with van der Waals surface area (Å²) in [6.07, 6.45) is 12.6. The Bertz CT molecular complexity index is 1810. The van der Waals surface area contributed by atoms with Crippen LogP contribution in [-0.2, 0) is 22.5 Å². The molecule has 2 aromatic heterocycles. The lowest BCUT2D eigenvalue weighted by molar-refractivity contribution is -0.170. The largest absolute Gasteiger partial charge is 0.477 e. The van der Waals surface area contributed by atoms with E-state index < -0.39 is 11.7 Å². The summed E-state index contributed by atoms with van der Waals surface area (Å²) in [5.41, 5.74) is 3.88. The van der Waals surface area contributed by atoms with Gasteiger partial charge in [0.2, 0.25) is 0 Å². The summed E-state index contributed by atoms with van der Waals surface area (Å²) in [6, 6.07) is 15.5. The Morgan fingerprint density at radius 3 is 2.73 bits per heavy atom. The Hall–Kier alpha value is -4.54. The van der Waals surface area contributed by atoms with Crippen molar-refractivity contribution in [2.45, 2.75) is 63.8 Å². The number of benzene rings is 2. The first-order chi connectivity index (χ1) is 21.9. The summed E-state index contributed by atoms with van der Waals surface area (Å²) >= 11 is 1.44. The molecule has 3 aliphatic rings. The molecule has 0 bridgehead atoms. The van der Waals surface area contributed by atoms with Crippen molar-refractivity contribution >= 4 is 44.1 Å². The van der Waals surface area contributed by atoms with Crippen LogP contribution in [0.25, 0.3) is 15.8 Å². The van der Waals surface area contributed by atoms with Crippen molar-refractivity contribution in [1.82, 2.24) is 20.2 Å². The van der Waals surface area contributed by atoms with Gasteiger partial charge in [0.15, 0.2) is 5.13 Å². The average Bonchev–Trinajstić information content (AvgIpc) is 3.47. The number of carboxylic acids is 1. The summed E-state index contributed by atoms with van der Waals surface area (Å²) in [7, 11) is 0. The summed E-state index contributed by atoms with van der Waals surface area (Å²) in [4.78, 5) is 37.8. The number of aliphatic carboxylic acids is 1. The molecule has 230 valence electrons. The Morgan fingerprint density at radius 1 is 1.09 bits per heavy atom. The van der Waals surface area contributed by atoms with Gasteiger partial charge in [-0.3, -0.25) is 15.1 Å². The van der Waals surface area contributed by atoms with Gasteiger partial charge in [0.05, 0.1) is 16.3 Å². The van der Waals surface area contributed by atoms with Crippen molar-refractivity contribution in [3.8, 4) is 0 Å². The number of aryl methyl sites for hydroxylation is 1. The lowest BCUT2D eigenvalue weighted by atomic mass is 9.88. The molecular formula is C35H35N5O4S. The lowest BCUT2D eigenvalue weighted by Crippen LogP contribution is -2.59. The van der Waals surface area contributed by atoms with Gasteiger partial charge in [-0.2, -0.15) is 0 Å². The van der Waals surface area contributed by atoms with E-state index in [2.05, 4.69) is 31.6 Å². The van der Waals surface area contributed by atoms with Crippen molar-refractivity contribution in [2.24, 2.45) is 0 Å². The lowest BCUT2D eigenvalue weighted by Gasteiger charge is -2.43. The Labute approximate surface area is 265 Å². The molecule has 7 rings (SSSR count). The molecule has 9 nitrogen and oxygen atoms in total. The van der Waals surface area contributed by atoms with E-state index in [9.17, 15) is 14.7 Å². The van der Waals surface area contributed by atoms with Gasteiger partial charge in [-0.05, 0) is 84.9 Å². The number of ether oxygens (including phenoxy) is 1. The number of anilines is 1. The van der Waals surface area contributed by atoms with E-state index in [1.807, 2.05) is 61.5 Å². The number of rotatable bonds is 7. The molecule has 2 aliphatic heterocycles. The van der Waals surface area contributed by atoms with E-state index >= 15 is 0 Å². The van der Waals surface area contributed by atoms with Crippen molar-refractivity contribution in [3.63, 3.8) is 0 Å². The summed E-state index contributed by atoms with van der Waals surface area (Å²) in [6.45, 7) is 3.03. The monoisotopic (exact) mass is 621 g/mol. The van der Waals surface area contributed by atoms with Crippen LogP contribution < -0.4 is 10.6 Å². The van der Waals surface area contributed by atoms with Crippen molar-refractivity contribution < 1.29 is 19.4 Å². The molecule has 1 unspecified atom stereocenters. The molecule has 1 amide bonds. The van der Waals surface area contributed by atoms with E-state index in [1.54, 1.807) is 12.4 Å². The first-order valence-electron chi connectivity index (χ1n) is 15.5. The minimum absolute atomic E-state index is 0.174. The van der Waals surface area contributed by atoms with Crippen LogP contribution >= 0.6 is 11.3 Å². The maximum Gasteiger partial charge on any atom is 0.362 e. The Balaban J connectivity index is 1.20. The normalized spacial score (nSPS) is 20.2. The third kappa shape index (κ3) is 5.60. The topological polar surface area (TPSA) is 117 Å². The number of para-hydroxylation sites is 1. The van der Waals surface area contributed by atoms with Gasteiger partial charge < -0.3 is 20.1 Å². The van der Waals surface area contributed by atoms with Crippen molar-refractivity contribution in [3.05, 3.63) is 107 Å². The van der Waals surface area contributed by atoms with E-state index in [4.69, 9.17) is 4.74 Å². The zero-order valence-electron chi connectivity index (χ0n) is 25.1. The van der Waals surface area contributed by atoms with E-state index in [0.717, 1.165) is 64.6 Å². The summed E-state index contributed by atoms with van der Waals surface area (Å²) < 4.78 is 7.62. The minimum Gasteiger partial charge on any atom is -0.477 e. The molecule has 3 N–H and O–H groups in total. The molecule has 2 aromatic carbocycles. The zero-order chi connectivity index (χ0) is 31.0. The number of amides is 1. The second-order valence-corrected chi connectivity index (χ2v) is 12.9. The highest BCUT2D eigenvalue weighted by atomic mass is 32.1. The van der Waals surface area contributed by atoms with Crippen LogP contribution in [0.1, 0.15) is 64.7 Å². The van der Waals surface area contributed by atoms with Gasteiger partial charge >= 0.3 is 5.97 Å². The van der Waals surface area contributed by atoms with Crippen molar-refractivity contribution in [1.29, 1.82) is 0 Å². The molecule has 0 saturated heterocycles. The van der Waals surface area contributed by atoms with Crippen LogP contribution in [-0.4, -0.2) is 50.2 Å². The third-order valence-electron chi connectivity index (χ3n) is 8.97. The van der Waals surface area contributed by atoms with E-state index in [1.165, 1.54) is 11.3 Å².